The van der Waals surface area contributed by atoms with E-state index < -0.39 is 5.97 Å². The third-order valence-corrected chi connectivity index (χ3v) is 2.71. The molecule has 0 unspecified atom stereocenters. The van der Waals surface area contributed by atoms with Crippen LogP contribution in [0, 0.1) is 0 Å². The summed E-state index contributed by atoms with van der Waals surface area (Å²) in [6.07, 6.45) is 1.52. The second-order valence-corrected chi connectivity index (χ2v) is 4.76. The molecule has 0 saturated carbocycles. The van der Waals surface area contributed by atoms with Gasteiger partial charge >= 0.3 is 11.9 Å². The normalized spacial score (nSPS) is 9.95. The molecule has 0 aromatic heterocycles. The number of esters is 2. The molecule has 0 saturated heterocycles. The summed E-state index contributed by atoms with van der Waals surface area (Å²) < 4.78 is 10.0. The lowest BCUT2D eigenvalue weighted by Crippen LogP contribution is -2.10. The second-order valence-electron chi connectivity index (χ2n) is 4.76. The Morgan fingerprint density at radius 3 is 2.24 bits per heavy atom. The first-order valence-corrected chi connectivity index (χ1v) is 6.81. The van der Waals surface area contributed by atoms with Crippen molar-refractivity contribution in [1.29, 1.82) is 0 Å². The number of hydrogen-bond donors (Lipinski definition) is 1. The molecule has 0 amide bonds. The van der Waals surface area contributed by atoms with Crippen LogP contribution in [0.5, 0.6) is 0 Å². The minimum Gasteiger partial charge on any atom is -0.465 e. The highest BCUT2D eigenvalue weighted by atomic mass is 16.5. The van der Waals surface area contributed by atoms with Gasteiger partial charge in [0.25, 0.3) is 0 Å². The fraction of sp³-hybridized carbons (Fsp3) is 0.375. The van der Waals surface area contributed by atoms with Crippen LogP contribution in [-0.4, -0.2) is 25.2 Å². The van der Waals surface area contributed by atoms with Crippen molar-refractivity contribution in [3.05, 3.63) is 42.0 Å². The molecule has 0 spiro atoms. The highest BCUT2D eigenvalue weighted by molar-refractivity contribution is 5.86. The zero-order chi connectivity index (χ0) is 15.7. The predicted octanol–water partition coefficient (Wildman–Crippen LogP) is 2.25. The van der Waals surface area contributed by atoms with Gasteiger partial charge in [-0.1, -0.05) is 18.7 Å². The van der Waals surface area contributed by atoms with Crippen molar-refractivity contribution in [2.24, 2.45) is 0 Å². The fourth-order valence-electron chi connectivity index (χ4n) is 1.53. The summed E-state index contributed by atoms with van der Waals surface area (Å²) >= 11 is 0. The molecule has 5 heteroatoms. The summed E-state index contributed by atoms with van der Waals surface area (Å²) in [5.74, 6) is -0.672. The summed E-state index contributed by atoms with van der Waals surface area (Å²) in [6.45, 7) is 5.71. The molecule has 0 bridgehead atoms. The molecule has 0 aliphatic carbocycles. The fourth-order valence-corrected chi connectivity index (χ4v) is 1.53. The van der Waals surface area contributed by atoms with Gasteiger partial charge in [-0.2, -0.15) is 0 Å². The molecular weight excluding hydrogens is 270 g/mol. The van der Waals surface area contributed by atoms with Gasteiger partial charge in [0, 0.05) is 11.3 Å². The summed E-state index contributed by atoms with van der Waals surface area (Å²) in [7, 11) is 0. The highest BCUT2D eigenvalue weighted by Gasteiger charge is 2.05. The number of carbonyl (C=O) groups is 2. The molecule has 1 aromatic rings. The third-order valence-electron chi connectivity index (χ3n) is 2.71. The smallest absolute Gasteiger partial charge is 0.333 e. The van der Waals surface area contributed by atoms with E-state index in [0.29, 0.717) is 37.3 Å². The number of ether oxygens (including phenoxy) is 2. The van der Waals surface area contributed by atoms with Gasteiger partial charge in [0.2, 0.25) is 0 Å². The first kappa shape index (κ1) is 16.8. The van der Waals surface area contributed by atoms with Gasteiger partial charge in [-0.05, 0) is 37.5 Å². The van der Waals surface area contributed by atoms with Crippen molar-refractivity contribution in [3.8, 4) is 0 Å². The van der Waals surface area contributed by atoms with E-state index in [1.807, 2.05) is 0 Å². The lowest BCUT2D eigenvalue weighted by Gasteiger charge is -2.06. The largest absolute Gasteiger partial charge is 0.465 e. The van der Waals surface area contributed by atoms with Crippen molar-refractivity contribution in [1.82, 2.24) is 0 Å². The van der Waals surface area contributed by atoms with E-state index >= 15 is 0 Å². The Hall–Kier alpha value is -2.30. The minimum absolute atomic E-state index is 0.227. The lowest BCUT2D eigenvalue weighted by molar-refractivity contribution is -0.144. The molecule has 0 radical (unpaired) electrons. The molecule has 2 N–H and O–H groups in total. The average molecular weight is 291 g/mol. The topological polar surface area (TPSA) is 78.6 Å². The molecule has 21 heavy (non-hydrogen) atoms. The second kappa shape index (κ2) is 8.79. The average Bonchev–Trinajstić information content (AvgIpc) is 2.44. The van der Waals surface area contributed by atoms with Gasteiger partial charge in [0.15, 0.2) is 0 Å². The number of hydrogen-bond acceptors (Lipinski definition) is 5. The highest BCUT2D eigenvalue weighted by Crippen LogP contribution is 2.07. The van der Waals surface area contributed by atoms with Crippen LogP contribution < -0.4 is 5.73 Å². The Kier molecular flexibility index (Phi) is 7.01. The molecule has 1 rings (SSSR count). The monoisotopic (exact) mass is 291 g/mol. The zero-order valence-electron chi connectivity index (χ0n) is 12.3. The van der Waals surface area contributed by atoms with Crippen molar-refractivity contribution in [3.63, 3.8) is 0 Å². The first-order valence-electron chi connectivity index (χ1n) is 6.81. The Balaban J connectivity index is 2.10. The van der Waals surface area contributed by atoms with Crippen molar-refractivity contribution in [2.75, 3.05) is 18.9 Å². The van der Waals surface area contributed by atoms with Crippen LogP contribution in [0.15, 0.2) is 36.4 Å². The number of unbranched alkanes of at least 4 members (excludes halogenated alkanes) is 1. The first-order chi connectivity index (χ1) is 9.99. The molecule has 0 atom stereocenters. The molecule has 0 heterocycles. The summed E-state index contributed by atoms with van der Waals surface area (Å²) in [5, 5.41) is 0. The standard InChI is InChI=1S/C16H21NO4/c1-12(2)16(19)21-10-4-3-9-20-15(18)11-13-5-7-14(17)8-6-13/h5-8H,1,3-4,9-11,17H2,2H3. The molecule has 5 nitrogen and oxygen atoms in total. The van der Waals surface area contributed by atoms with E-state index in [2.05, 4.69) is 6.58 Å². The Morgan fingerprint density at radius 2 is 1.67 bits per heavy atom. The lowest BCUT2D eigenvalue weighted by atomic mass is 10.1. The van der Waals surface area contributed by atoms with E-state index in [1.165, 1.54) is 0 Å². The van der Waals surface area contributed by atoms with Gasteiger partial charge in [0.1, 0.15) is 0 Å². The zero-order valence-corrected chi connectivity index (χ0v) is 12.3. The third kappa shape index (κ3) is 7.15. The van der Waals surface area contributed by atoms with Crippen LogP contribution in [0.25, 0.3) is 0 Å². The Labute approximate surface area is 124 Å². The van der Waals surface area contributed by atoms with Crippen molar-refractivity contribution < 1.29 is 19.1 Å². The number of anilines is 1. The van der Waals surface area contributed by atoms with Crippen molar-refractivity contribution >= 4 is 17.6 Å². The number of nitrogen functional groups attached to an aromatic ring is 1. The summed E-state index contributed by atoms with van der Waals surface area (Å²) in [6, 6.07) is 7.10. The van der Waals surface area contributed by atoms with E-state index in [4.69, 9.17) is 15.2 Å². The van der Waals surface area contributed by atoms with Crippen LogP contribution in [0.3, 0.4) is 0 Å². The maximum absolute atomic E-state index is 11.6. The number of benzene rings is 1. The van der Waals surface area contributed by atoms with Gasteiger partial charge in [-0.25, -0.2) is 4.79 Å². The summed E-state index contributed by atoms with van der Waals surface area (Å²) in [4.78, 5) is 22.7. The van der Waals surface area contributed by atoms with Crippen LogP contribution in [0.1, 0.15) is 25.3 Å². The maximum atomic E-state index is 11.6. The number of rotatable bonds is 8. The van der Waals surface area contributed by atoms with E-state index in [1.54, 1.807) is 31.2 Å². The van der Waals surface area contributed by atoms with E-state index in [-0.39, 0.29) is 12.4 Å². The number of carbonyl (C=O) groups excluding carboxylic acids is 2. The van der Waals surface area contributed by atoms with Crippen LogP contribution >= 0.6 is 0 Å². The van der Waals surface area contributed by atoms with E-state index in [0.717, 1.165) is 5.56 Å². The van der Waals surface area contributed by atoms with Gasteiger partial charge < -0.3 is 15.2 Å². The van der Waals surface area contributed by atoms with Crippen LogP contribution in [0.4, 0.5) is 5.69 Å². The van der Waals surface area contributed by atoms with Crippen LogP contribution in [0.2, 0.25) is 0 Å². The summed E-state index contributed by atoms with van der Waals surface area (Å²) in [5.41, 5.74) is 7.47. The molecule has 0 fully saturated rings. The quantitative estimate of drug-likeness (QED) is 0.344. The maximum Gasteiger partial charge on any atom is 0.333 e. The molecule has 0 aliphatic rings. The van der Waals surface area contributed by atoms with Crippen molar-refractivity contribution in [2.45, 2.75) is 26.2 Å². The van der Waals surface area contributed by atoms with Gasteiger partial charge in [-0.3, -0.25) is 4.79 Å². The Bertz CT molecular complexity index is 494. The SMILES string of the molecule is C=C(C)C(=O)OCCCCOC(=O)Cc1ccc(N)cc1. The van der Waals surface area contributed by atoms with Gasteiger partial charge in [0.05, 0.1) is 19.6 Å². The molecule has 1 aromatic carbocycles. The number of nitrogens with two attached hydrogens (primary N) is 1. The predicted molar refractivity (Wildman–Crippen MR) is 80.5 cm³/mol. The van der Waals surface area contributed by atoms with Crippen LogP contribution in [-0.2, 0) is 25.5 Å². The Morgan fingerprint density at radius 1 is 1.10 bits per heavy atom. The van der Waals surface area contributed by atoms with E-state index in [9.17, 15) is 9.59 Å². The molecule has 114 valence electrons. The minimum atomic E-state index is -0.393. The van der Waals surface area contributed by atoms with Gasteiger partial charge in [-0.15, -0.1) is 0 Å². The molecule has 0 aliphatic heterocycles. The molecular formula is C16H21NO4.